The van der Waals surface area contributed by atoms with Gasteiger partial charge in [-0.1, -0.05) is 19.3 Å². The van der Waals surface area contributed by atoms with Crippen LogP contribution in [0.4, 0.5) is 5.69 Å². The number of aromatic nitrogens is 1. The topological polar surface area (TPSA) is 119 Å². The molecule has 3 aromatic rings. The molecule has 0 spiro atoms. The molecule has 2 heterocycles. The van der Waals surface area contributed by atoms with Gasteiger partial charge in [-0.15, -0.1) is 11.3 Å². The van der Waals surface area contributed by atoms with Crippen LogP contribution < -0.4 is 28.5 Å². The second kappa shape index (κ2) is 11.1. The van der Waals surface area contributed by atoms with Gasteiger partial charge < -0.3 is 23.7 Å². The van der Waals surface area contributed by atoms with Crippen LogP contribution in [0.3, 0.4) is 0 Å². The Morgan fingerprint density at radius 1 is 1.03 bits per heavy atom. The van der Waals surface area contributed by atoms with Gasteiger partial charge in [-0.25, -0.2) is 4.68 Å². The number of ether oxygens (including phenoxy) is 5. The molecule has 1 saturated carbocycles. The lowest BCUT2D eigenvalue weighted by molar-refractivity contribution is -0.385. The van der Waals surface area contributed by atoms with Crippen molar-refractivity contribution in [3.8, 4) is 40.0 Å². The van der Waals surface area contributed by atoms with Crippen molar-refractivity contribution >= 4 is 23.2 Å². The molecule has 38 heavy (non-hydrogen) atoms. The van der Waals surface area contributed by atoms with E-state index in [-0.39, 0.29) is 24.1 Å². The van der Waals surface area contributed by atoms with E-state index in [4.69, 9.17) is 33.8 Å². The van der Waals surface area contributed by atoms with Gasteiger partial charge in [-0.2, -0.15) is 5.10 Å². The number of rotatable bonds is 8. The first-order valence-corrected chi connectivity index (χ1v) is 13.1. The number of fused-ring (bicyclic) bond motifs is 1. The zero-order chi connectivity index (χ0) is 26.6. The third-order valence-corrected chi connectivity index (χ3v) is 7.37. The highest BCUT2D eigenvalue weighted by Gasteiger charge is 2.23. The Morgan fingerprint density at radius 3 is 2.34 bits per heavy atom. The highest BCUT2D eigenvalue weighted by atomic mass is 32.1. The standard InChI is InChI=1S/C26H28N4O7S/c1-33-23-9-16(10-24(34-2)25(23)35-3)20-14-38-26(28-18-7-5-4-6-8-18)29(20)27-13-17-11-21-22(37-15-36-21)12-19(17)30(31)32/h9-14,18H,4-8,15H2,1-3H3. The zero-order valence-electron chi connectivity index (χ0n) is 21.3. The lowest BCUT2D eigenvalue weighted by Crippen LogP contribution is -2.19. The molecule has 2 aromatic carbocycles. The van der Waals surface area contributed by atoms with E-state index in [2.05, 4.69) is 0 Å². The van der Waals surface area contributed by atoms with Crippen LogP contribution in [0.15, 0.2) is 39.7 Å². The molecule has 1 aliphatic heterocycles. The van der Waals surface area contributed by atoms with Gasteiger partial charge >= 0.3 is 0 Å². The Kier molecular flexibility index (Phi) is 7.50. The molecule has 0 unspecified atom stereocenters. The molecular weight excluding hydrogens is 512 g/mol. The Balaban J connectivity index is 1.65. The molecular formula is C26H28N4O7S. The number of hydrogen-bond acceptors (Lipinski definition) is 10. The second-order valence-corrected chi connectivity index (χ2v) is 9.65. The Morgan fingerprint density at radius 2 is 1.71 bits per heavy atom. The fraction of sp³-hybridized carbons (Fsp3) is 0.385. The number of nitrogens with zero attached hydrogens (tertiary/aromatic N) is 4. The van der Waals surface area contributed by atoms with Crippen molar-refractivity contribution in [2.24, 2.45) is 10.1 Å². The van der Waals surface area contributed by atoms with Crippen LogP contribution in [-0.4, -0.2) is 50.0 Å². The molecule has 11 nitrogen and oxygen atoms in total. The molecule has 0 atom stereocenters. The fourth-order valence-corrected chi connectivity index (χ4v) is 5.53. The average molecular weight is 541 g/mol. The van der Waals surface area contributed by atoms with Crippen molar-refractivity contribution in [2.75, 3.05) is 28.1 Å². The molecule has 0 amide bonds. The van der Waals surface area contributed by atoms with Crippen molar-refractivity contribution in [2.45, 2.75) is 38.1 Å². The molecule has 1 aliphatic carbocycles. The van der Waals surface area contributed by atoms with Crippen molar-refractivity contribution in [3.05, 3.63) is 50.1 Å². The summed E-state index contributed by atoms with van der Waals surface area (Å²) < 4.78 is 29.0. The number of nitro groups is 1. The number of hydrogen-bond donors (Lipinski definition) is 0. The Hall–Kier alpha value is -4.06. The third-order valence-electron chi connectivity index (χ3n) is 6.54. The van der Waals surface area contributed by atoms with E-state index in [1.54, 1.807) is 32.1 Å². The zero-order valence-corrected chi connectivity index (χ0v) is 22.2. The minimum Gasteiger partial charge on any atom is -0.493 e. The number of methoxy groups -OCH3 is 3. The molecule has 0 N–H and O–H groups in total. The average Bonchev–Trinajstić information content (AvgIpc) is 3.57. The first kappa shape index (κ1) is 25.6. The van der Waals surface area contributed by atoms with E-state index in [1.807, 2.05) is 17.5 Å². The van der Waals surface area contributed by atoms with E-state index in [0.717, 1.165) is 36.9 Å². The predicted molar refractivity (Wildman–Crippen MR) is 142 cm³/mol. The molecule has 0 saturated heterocycles. The summed E-state index contributed by atoms with van der Waals surface area (Å²) in [6.07, 6.45) is 7.01. The maximum absolute atomic E-state index is 11.8. The van der Waals surface area contributed by atoms with Gasteiger partial charge in [0.05, 0.1) is 55.8 Å². The normalized spacial score (nSPS) is 15.7. The maximum atomic E-state index is 11.8. The summed E-state index contributed by atoms with van der Waals surface area (Å²) in [5.41, 5.74) is 1.65. The van der Waals surface area contributed by atoms with Gasteiger partial charge in [-0.05, 0) is 31.0 Å². The van der Waals surface area contributed by atoms with Gasteiger partial charge in [-0.3, -0.25) is 15.1 Å². The van der Waals surface area contributed by atoms with Crippen LogP contribution in [0.2, 0.25) is 0 Å². The quantitative estimate of drug-likeness (QED) is 0.224. The summed E-state index contributed by atoms with van der Waals surface area (Å²) >= 11 is 1.46. The first-order chi connectivity index (χ1) is 18.5. The van der Waals surface area contributed by atoms with Crippen LogP contribution in [0.5, 0.6) is 28.7 Å². The maximum Gasteiger partial charge on any atom is 0.282 e. The fourth-order valence-electron chi connectivity index (χ4n) is 4.62. The van der Waals surface area contributed by atoms with Gasteiger partial charge in [0.1, 0.15) is 0 Å². The van der Waals surface area contributed by atoms with E-state index in [9.17, 15) is 10.1 Å². The van der Waals surface area contributed by atoms with E-state index in [0.29, 0.717) is 33.5 Å². The molecule has 5 rings (SSSR count). The van der Waals surface area contributed by atoms with Gasteiger partial charge in [0.15, 0.2) is 23.0 Å². The van der Waals surface area contributed by atoms with E-state index >= 15 is 0 Å². The van der Waals surface area contributed by atoms with Crippen LogP contribution in [-0.2, 0) is 0 Å². The van der Waals surface area contributed by atoms with Gasteiger partial charge in [0.25, 0.3) is 5.69 Å². The van der Waals surface area contributed by atoms with Gasteiger partial charge in [0, 0.05) is 10.9 Å². The minimum absolute atomic E-state index is 0.0159. The monoisotopic (exact) mass is 540 g/mol. The van der Waals surface area contributed by atoms with Crippen LogP contribution in [0.1, 0.15) is 37.7 Å². The molecule has 0 radical (unpaired) electrons. The summed E-state index contributed by atoms with van der Waals surface area (Å²) in [7, 11) is 4.67. The molecule has 1 aromatic heterocycles. The highest BCUT2D eigenvalue weighted by Crippen LogP contribution is 2.41. The minimum atomic E-state index is -0.463. The number of thiazole rings is 1. The largest absolute Gasteiger partial charge is 0.493 e. The third kappa shape index (κ3) is 5.03. The summed E-state index contributed by atoms with van der Waals surface area (Å²) in [5.74, 6) is 2.25. The molecule has 1 fully saturated rings. The summed E-state index contributed by atoms with van der Waals surface area (Å²) in [6.45, 7) is 0.0159. The molecule has 0 bridgehead atoms. The summed E-state index contributed by atoms with van der Waals surface area (Å²) in [6, 6.07) is 6.80. The SMILES string of the molecule is COc1cc(-c2csc(=NC3CCCCC3)n2N=Cc2cc3c(cc2[N+](=O)[O-])OCO3)cc(OC)c1OC. The van der Waals surface area contributed by atoms with Crippen molar-refractivity contribution < 1.29 is 28.6 Å². The smallest absolute Gasteiger partial charge is 0.282 e. The summed E-state index contributed by atoms with van der Waals surface area (Å²) in [5, 5.41) is 18.4. The molecule has 12 heteroatoms. The van der Waals surface area contributed by atoms with Crippen molar-refractivity contribution in [3.63, 3.8) is 0 Å². The number of benzene rings is 2. The Labute approximate surface area is 223 Å². The molecule has 2 aliphatic rings. The van der Waals surface area contributed by atoms with Gasteiger partial charge in [0.2, 0.25) is 17.3 Å². The lowest BCUT2D eigenvalue weighted by atomic mass is 9.96. The highest BCUT2D eigenvalue weighted by molar-refractivity contribution is 7.07. The Bertz CT molecular complexity index is 1410. The first-order valence-electron chi connectivity index (χ1n) is 12.2. The van der Waals surface area contributed by atoms with Crippen LogP contribution in [0.25, 0.3) is 11.3 Å². The van der Waals surface area contributed by atoms with Crippen molar-refractivity contribution in [1.29, 1.82) is 0 Å². The van der Waals surface area contributed by atoms with Crippen molar-refractivity contribution in [1.82, 2.24) is 4.68 Å². The predicted octanol–water partition coefficient (Wildman–Crippen LogP) is 4.99. The lowest BCUT2D eigenvalue weighted by Gasteiger charge is -2.17. The van der Waals surface area contributed by atoms with E-state index in [1.165, 1.54) is 30.0 Å². The number of nitro benzene ring substituents is 1. The van der Waals surface area contributed by atoms with Crippen LogP contribution >= 0.6 is 11.3 Å². The summed E-state index contributed by atoms with van der Waals surface area (Å²) in [4.78, 5) is 17.0. The molecule has 200 valence electrons. The van der Waals surface area contributed by atoms with E-state index < -0.39 is 4.92 Å². The van der Waals surface area contributed by atoms with Crippen LogP contribution in [0, 0.1) is 10.1 Å². The second-order valence-electron chi connectivity index (χ2n) is 8.82.